The molecule has 0 N–H and O–H groups in total. The highest BCUT2D eigenvalue weighted by Crippen LogP contribution is 2.24. The highest BCUT2D eigenvalue weighted by atomic mass is 32.1. The monoisotopic (exact) mass is 334 g/mol. The maximum atomic E-state index is 13.0. The van der Waals surface area contributed by atoms with Crippen LogP contribution in [0.15, 0.2) is 54.7 Å². The fourth-order valence-corrected chi connectivity index (χ4v) is 2.65. The van der Waals surface area contributed by atoms with Gasteiger partial charge in [-0.3, -0.25) is 4.79 Å². The summed E-state index contributed by atoms with van der Waals surface area (Å²) in [6.07, 6.45) is 1.77. The molecule has 0 fully saturated rings. The van der Waals surface area contributed by atoms with Crippen molar-refractivity contribution in [3.8, 4) is 11.3 Å². The van der Waals surface area contributed by atoms with E-state index in [9.17, 15) is 4.79 Å². The van der Waals surface area contributed by atoms with Gasteiger partial charge in [0, 0.05) is 24.4 Å². The summed E-state index contributed by atoms with van der Waals surface area (Å²) < 4.78 is 2.15. The molecule has 0 spiro atoms. The predicted molar refractivity (Wildman–Crippen MR) is 98.8 cm³/mol. The Morgan fingerprint density at radius 1 is 0.958 bits per heavy atom. The van der Waals surface area contributed by atoms with Crippen LogP contribution in [0.25, 0.3) is 11.3 Å². The van der Waals surface area contributed by atoms with Gasteiger partial charge in [0.25, 0.3) is 0 Å². The smallest absolute Gasteiger partial charge is 0.199 e. The van der Waals surface area contributed by atoms with Gasteiger partial charge in [0.2, 0.25) is 0 Å². The molecule has 3 aromatic rings. The van der Waals surface area contributed by atoms with E-state index in [1.807, 2.05) is 62.4 Å². The number of carbonyl (C=O) groups is 1. The molecule has 4 heteroatoms. The molecule has 0 atom stereocenters. The normalized spacial score (nSPS) is 10.6. The number of ketones is 1. The minimum absolute atomic E-state index is 0.0522. The molecule has 0 bridgehead atoms. The van der Waals surface area contributed by atoms with E-state index in [0.717, 1.165) is 16.7 Å². The zero-order chi connectivity index (χ0) is 17.3. The van der Waals surface area contributed by atoms with Crippen molar-refractivity contribution >= 4 is 18.0 Å². The molecule has 0 saturated heterocycles. The molecule has 3 nitrogen and oxygen atoms in total. The van der Waals surface area contributed by atoms with Crippen LogP contribution in [-0.2, 0) is 7.05 Å². The third kappa shape index (κ3) is 3.19. The standard InChI is InChI=1S/C20H18N2OS/c1-13-4-8-15(9-5-13)18-17(12-22(3)20(24)21-18)19(23)16-10-6-14(2)7-11-16/h4-12H,1-3H3. The molecule has 2 aromatic carbocycles. The molecule has 0 amide bonds. The van der Waals surface area contributed by atoms with Crippen molar-refractivity contribution in [2.45, 2.75) is 13.8 Å². The Morgan fingerprint density at radius 3 is 2.08 bits per heavy atom. The van der Waals surface area contributed by atoms with Crippen LogP contribution in [0.5, 0.6) is 0 Å². The van der Waals surface area contributed by atoms with Crippen LogP contribution < -0.4 is 0 Å². The first kappa shape index (κ1) is 16.3. The molecule has 0 radical (unpaired) electrons. The summed E-state index contributed by atoms with van der Waals surface area (Å²) in [6, 6.07) is 15.5. The average molecular weight is 334 g/mol. The number of benzene rings is 2. The van der Waals surface area contributed by atoms with Gasteiger partial charge in [0.15, 0.2) is 10.6 Å². The summed E-state index contributed by atoms with van der Waals surface area (Å²) in [5.74, 6) is -0.0522. The quantitative estimate of drug-likeness (QED) is 0.516. The number of aryl methyl sites for hydroxylation is 3. The zero-order valence-electron chi connectivity index (χ0n) is 13.9. The molecular weight excluding hydrogens is 316 g/mol. The third-order valence-corrected chi connectivity index (χ3v) is 4.35. The van der Waals surface area contributed by atoms with E-state index in [1.54, 1.807) is 17.8 Å². The second-order valence-electron chi connectivity index (χ2n) is 5.96. The molecule has 1 heterocycles. The second kappa shape index (κ2) is 6.49. The SMILES string of the molecule is Cc1ccc(C(=O)c2cn(C)c(=S)nc2-c2ccc(C)cc2)cc1. The van der Waals surface area contributed by atoms with Crippen LogP contribution in [0.3, 0.4) is 0 Å². The van der Waals surface area contributed by atoms with Gasteiger partial charge in [-0.1, -0.05) is 59.7 Å². The van der Waals surface area contributed by atoms with Crippen molar-refractivity contribution < 1.29 is 4.79 Å². The van der Waals surface area contributed by atoms with E-state index in [1.165, 1.54) is 0 Å². The van der Waals surface area contributed by atoms with Crippen molar-refractivity contribution in [1.29, 1.82) is 0 Å². The van der Waals surface area contributed by atoms with E-state index in [-0.39, 0.29) is 5.78 Å². The van der Waals surface area contributed by atoms with Crippen molar-refractivity contribution in [1.82, 2.24) is 9.55 Å². The minimum Gasteiger partial charge on any atom is -0.326 e. The average Bonchev–Trinajstić information content (AvgIpc) is 2.58. The zero-order valence-corrected chi connectivity index (χ0v) is 14.7. The third-order valence-electron chi connectivity index (χ3n) is 3.97. The molecule has 0 unspecified atom stereocenters. The van der Waals surface area contributed by atoms with Gasteiger partial charge in [-0.25, -0.2) is 4.98 Å². The summed E-state index contributed by atoms with van der Waals surface area (Å²) in [4.78, 5) is 17.5. The Labute approximate surface area is 146 Å². The summed E-state index contributed by atoms with van der Waals surface area (Å²) in [6.45, 7) is 4.03. The lowest BCUT2D eigenvalue weighted by Crippen LogP contribution is -2.09. The maximum Gasteiger partial charge on any atom is 0.199 e. The molecule has 120 valence electrons. The number of nitrogens with zero attached hydrogens (tertiary/aromatic N) is 2. The summed E-state index contributed by atoms with van der Waals surface area (Å²) in [7, 11) is 1.81. The largest absolute Gasteiger partial charge is 0.326 e. The number of carbonyl (C=O) groups excluding carboxylic acids is 1. The summed E-state index contributed by atoms with van der Waals surface area (Å²) in [5.41, 5.74) is 5.00. The Morgan fingerprint density at radius 2 is 1.50 bits per heavy atom. The van der Waals surface area contributed by atoms with E-state index in [2.05, 4.69) is 4.98 Å². The van der Waals surface area contributed by atoms with Gasteiger partial charge in [0.1, 0.15) is 0 Å². The van der Waals surface area contributed by atoms with Gasteiger partial charge in [0.05, 0.1) is 11.3 Å². The lowest BCUT2D eigenvalue weighted by atomic mass is 9.98. The molecule has 1 aromatic heterocycles. The van der Waals surface area contributed by atoms with Crippen LogP contribution in [-0.4, -0.2) is 15.3 Å². The molecule has 0 aliphatic rings. The molecule has 0 aliphatic carbocycles. The summed E-state index contributed by atoms with van der Waals surface area (Å²) >= 11 is 5.29. The lowest BCUT2D eigenvalue weighted by molar-refractivity contribution is 0.103. The number of hydrogen-bond donors (Lipinski definition) is 0. The number of aromatic nitrogens is 2. The Kier molecular flexibility index (Phi) is 4.40. The van der Waals surface area contributed by atoms with Crippen LogP contribution in [0.1, 0.15) is 27.0 Å². The van der Waals surface area contributed by atoms with Crippen LogP contribution in [0.2, 0.25) is 0 Å². The minimum atomic E-state index is -0.0522. The van der Waals surface area contributed by atoms with Gasteiger partial charge in [-0.15, -0.1) is 0 Å². The van der Waals surface area contributed by atoms with Crippen molar-refractivity contribution in [2.24, 2.45) is 7.05 Å². The molecule has 0 saturated carbocycles. The van der Waals surface area contributed by atoms with Gasteiger partial charge in [-0.05, 0) is 26.1 Å². The number of rotatable bonds is 3. The van der Waals surface area contributed by atoms with E-state index < -0.39 is 0 Å². The van der Waals surface area contributed by atoms with Gasteiger partial charge < -0.3 is 4.57 Å². The fourth-order valence-electron chi connectivity index (χ4n) is 2.50. The number of hydrogen-bond acceptors (Lipinski definition) is 3. The summed E-state index contributed by atoms with van der Waals surface area (Å²) in [5, 5.41) is 0. The Hall–Kier alpha value is -2.59. The molecule has 3 rings (SSSR count). The van der Waals surface area contributed by atoms with E-state index in [4.69, 9.17) is 12.2 Å². The highest BCUT2D eigenvalue weighted by molar-refractivity contribution is 7.71. The topological polar surface area (TPSA) is 34.9 Å². The second-order valence-corrected chi connectivity index (χ2v) is 6.32. The van der Waals surface area contributed by atoms with Crippen molar-refractivity contribution in [3.05, 3.63) is 81.8 Å². The van der Waals surface area contributed by atoms with Crippen molar-refractivity contribution in [3.63, 3.8) is 0 Å². The van der Waals surface area contributed by atoms with E-state index in [0.29, 0.717) is 21.6 Å². The van der Waals surface area contributed by atoms with Crippen LogP contribution >= 0.6 is 12.2 Å². The molecule has 0 aliphatic heterocycles. The lowest BCUT2D eigenvalue weighted by Gasteiger charge is -2.11. The van der Waals surface area contributed by atoms with Crippen LogP contribution in [0.4, 0.5) is 0 Å². The highest BCUT2D eigenvalue weighted by Gasteiger charge is 2.17. The van der Waals surface area contributed by atoms with Gasteiger partial charge in [-0.2, -0.15) is 0 Å². The maximum absolute atomic E-state index is 13.0. The van der Waals surface area contributed by atoms with Crippen LogP contribution in [0, 0.1) is 18.6 Å². The first-order valence-corrected chi connectivity index (χ1v) is 8.12. The first-order valence-electron chi connectivity index (χ1n) is 7.72. The predicted octanol–water partition coefficient (Wildman–Crippen LogP) is 4.66. The van der Waals surface area contributed by atoms with Crippen molar-refractivity contribution in [2.75, 3.05) is 0 Å². The first-order chi connectivity index (χ1) is 11.5. The Bertz CT molecular complexity index is 954. The molecular formula is C20H18N2OS. The molecule has 24 heavy (non-hydrogen) atoms. The Balaban J connectivity index is 2.17. The van der Waals surface area contributed by atoms with E-state index >= 15 is 0 Å². The fraction of sp³-hybridized carbons (Fsp3) is 0.150. The van der Waals surface area contributed by atoms with Gasteiger partial charge >= 0.3 is 0 Å².